The van der Waals surface area contributed by atoms with Gasteiger partial charge in [-0.25, -0.2) is 0 Å². The molecule has 2 saturated heterocycles. The molecule has 116 valence electrons. The van der Waals surface area contributed by atoms with Gasteiger partial charge in [-0.2, -0.15) is 13.2 Å². The van der Waals surface area contributed by atoms with Crippen molar-refractivity contribution < 1.29 is 23.0 Å². The maximum Gasteiger partial charge on any atom is 0.416 e. The number of aliphatic hydroxyl groups excluding tert-OH is 1. The van der Waals surface area contributed by atoms with Gasteiger partial charge >= 0.3 is 6.18 Å². The highest BCUT2D eigenvalue weighted by molar-refractivity contribution is 5.28. The molecule has 0 bridgehead atoms. The number of fused-ring (bicyclic) bond motifs is 1. The van der Waals surface area contributed by atoms with Gasteiger partial charge in [-0.1, -0.05) is 12.1 Å². The summed E-state index contributed by atoms with van der Waals surface area (Å²) in [5.41, 5.74) is -0.485. The number of benzene rings is 1. The first-order valence-electron chi connectivity index (χ1n) is 7.16. The molecule has 3 unspecified atom stereocenters. The van der Waals surface area contributed by atoms with E-state index in [9.17, 15) is 18.3 Å². The van der Waals surface area contributed by atoms with E-state index in [4.69, 9.17) is 4.74 Å². The minimum Gasteiger partial charge on any atom is -0.386 e. The maximum absolute atomic E-state index is 12.7. The first kappa shape index (κ1) is 14.8. The number of hydrogen-bond donors (Lipinski definition) is 1. The van der Waals surface area contributed by atoms with Gasteiger partial charge in [0.25, 0.3) is 0 Å². The molecule has 6 heteroatoms. The molecule has 0 amide bonds. The molecule has 0 spiro atoms. The number of aliphatic hydroxyl groups is 1. The zero-order valence-corrected chi connectivity index (χ0v) is 11.5. The largest absolute Gasteiger partial charge is 0.416 e. The molecule has 0 saturated carbocycles. The fraction of sp³-hybridized carbons (Fsp3) is 0.600. The average molecular weight is 301 g/mol. The lowest BCUT2D eigenvalue weighted by atomic mass is 10.00. The van der Waals surface area contributed by atoms with Gasteiger partial charge in [0.05, 0.1) is 12.2 Å². The Morgan fingerprint density at radius 2 is 2.14 bits per heavy atom. The van der Waals surface area contributed by atoms with Crippen molar-refractivity contribution in [2.45, 2.75) is 37.3 Å². The van der Waals surface area contributed by atoms with E-state index in [0.29, 0.717) is 19.2 Å². The summed E-state index contributed by atoms with van der Waals surface area (Å²) in [5.74, 6) is 0. The number of alkyl halides is 3. The molecule has 2 aliphatic rings. The summed E-state index contributed by atoms with van der Waals surface area (Å²) >= 11 is 0. The van der Waals surface area contributed by atoms with Gasteiger partial charge in [-0.05, 0) is 37.1 Å². The third kappa shape index (κ3) is 3.07. The molecule has 0 radical (unpaired) electrons. The summed E-state index contributed by atoms with van der Waals surface area (Å²) in [6.07, 6.45) is -3.70. The van der Waals surface area contributed by atoms with Gasteiger partial charge in [0, 0.05) is 12.6 Å². The van der Waals surface area contributed by atoms with Gasteiger partial charge in [0.2, 0.25) is 0 Å². The Balaban J connectivity index is 1.74. The average Bonchev–Trinajstić information content (AvgIpc) is 2.93. The van der Waals surface area contributed by atoms with Crippen LogP contribution in [-0.2, 0) is 10.9 Å². The molecule has 1 aromatic rings. The molecule has 2 aliphatic heterocycles. The minimum absolute atomic E-state index is 0.257. The van der Waals surface area contributed by atoms with E-state index < -0.39 is 23.9 Å². The van der Waals surface area contributed by atoms with Crippen molar-refractivity contribution in [3.8, 4) is 0 Å². The molecule has 3 rings (SSSR count). The third-order valence-corrected chi connectivity index (χ3v) is 4.32. The SMILES string of the molecule is OC(c1cccc(C(F)(F)F)c1)C1CN2CCCC2CO1. The predicted octanol–water partition coefficient (Wildman–Crippen LogP) is 2.60. The number of halogens is 3. The van der Waals surface area contributed by atoms with Crippen molar-refractivity contribution in [1.82, 2.24) is 4.90 Å². The number of morpholine rings is 1. The van der Waals surface area contributed by atoms with E-state index in [1.807, 2.05) is 0 Å². The molecule has 2 heterocycles. The topological polar surface area (TPSA) is 32.7 Å². The molecule has 21 heavy (non-hydrogen) atoms. The fourth-order valence-corrected chi connectivity index (χ4v) is 3.15. The lowest BCUT2D eigenvalue weighted by Gasteiger charge is -2.37. The monoisotopic (exact) mass is 301 g/mol. The molecule has 0 aromatic heterocycles. The summed E-state index contributed by atoms with van der Waals surface area (Å²) < 4.78 is 43.8. The van der Waals surface area contributed by atoms with E-state index in [1.165, 1.54) is 12.1 Å². The van der Waals surface area contributed by atoms with Crippen LogP contribution in [-0.4, -0.2) is 41.8 Å². The number of hydrogen-bond acceptors (Lipinski definition) is 3. The van der Waals surface area contributed by atoms with E-state index in [-0.39, 0.29) is 5.56 Å². The summed E-state index contributed by atoms with van der Waals surface area (Å²) in [4.78, 5) is 2.25. The highest BCUT2D eigenvalue weighted by atomic mass is 19.4. The van der Waals surface area contributed by atoms with Crippen LogP contribution < -0.4 is 0 Å². The molecule has 2 fully saturated rings. The van der Waals surface area contributed by atoms with Crippen molar-refractivity contribution in [3.05, 3.63) is 35.4 Å². The molecule has 3 atom stereocenters. The Morgan fingerprint density at radius 3 is 2.90 bits per heavy atom. The molecule has 0 aliphatic carbocycles. The van der Waals surface area contributed by atoms with Gasteiger partial charge in [-0.3, -0.25) is 4.90 Å². The standard InChI is InChI=1S/C15H18F3NO2/c16-15(17,18)11-4-1-3-10(7-11)14(20)13-8-19-6-2-5-12(19)9-21-13/h1,3-4,7,12-14,20H,2,5-6,8-9H2. The van der Waals surface area contributed by atoms with Crippen molar-refractivity contribution >= 4 is 0 Å². The van der Waals surface area contributed by atoms with Crippen LogP contribution in [0.5, 0.6) is 0 Å². The first-order chi connectivity index (χ1) is 9.95. The van der Waals surface area contributed by atoms with Gasteiger partial charge < -0.3 is 9.84 Å². The van der Waals surface area contributed by atoms with Crippen molar-refractivity contribution in [2.24, 2.45) is 0 Å². The van der Waals surface area contributed by atoms with Crippen LogP contribution in [0.4, 0.5) is 13.2 Å². The molecule has 1 aromatic carbocycles. The third-order valence-electron chi connectivity index (χ3n) is 4.32. The number of nitrogens with zero attached hydrogens (tertiary/aromatic N) is 1. The lowest BCUT2D eigenvalue weighted by Crippen LogP contribution is -2.48. The molecule has 3 nitrogen and oxygen atoms in total. The Labute approximate surface area is 121 Å². The highest BCUT2D eigenvalue weighted by Crippen LogP contribution is 2.33. The molecular formula is C15H18F3NO2. The van der Waals surface area contributed by atoms with Crippen LogP contribution in [0.3, 0.4) is 0 Å². The zero-order valence-electron chi connectivity index (χ0n) is 11.5. The van der Waals surface area contributed by atoms with E-state index in [2.05, 4.69) is 4.90 Å². The van der Waals surface area contributed by atoms with Gasteiger partial charge in [0.1, 0.15) is 12.2 Å². The summed E-state index contributed by atoms with van der Waals surface area (Å²) in [6.45, 7) is 2.09. The van der Waals surface area contributed by atoms with Crippen molar-refractivity contribution in [1.29, 1.82) is 0 Å². The summed E-state index contributed by atoms with van der Waals surface area (Å²) in [5, 5.41) is 10.3. The normalized spacial score (nSPS) is 28.4. The summed E-state index contributed by atoms with van der Waals surface area (Å²) in [6, 6.07) is 5.25. The van der Waals surface area contributed by atoms with Crippen LogP contribution in [0, 0.1) is 0 Å². The second-order valence-corrected chi connectivity index (χ2v) is 5.73. The lowest BCUT2D eigenvalue weighted by molar-refractivity contribution is -0.138. The first-order valence-corrected chi connectivity index (χ1v) is 7.16. The van der Waals surface area contributed by atoms with Crippen LogP contribution in [0.25, 0.3) is 0 Å². The highest BCUT2D eigenvalue weighted by Gasteiger charge is 2.36. The predicted molar refractivity (Wildman–Crippen MR) is 70.7 cm³/mol. The maximum atomic E-state index is 12.7. The minimum atomic E-state index is -4.40. The Morgan fingerprint density at radius 1 is 1.33 bits per heavy atom. The second-order valence-electron chi connectivity index (χ2n) is 5.73. The van der Waals surface area contributed by atoms with E-state index in [1.54, 1.807) is 0 Å². The number of rotatable bonds is 2. The Bertz CT molecular complexity index is 506. The second kappa shape index (κ2) is 5.59. The van der Waals surface area contributed by atoms with Gasteiger partial charge in [-0.15, -0.1) is 0 Å². The molecule has 1 N–H and O–H groups in total. The fourth-order valence-electron chi connectivity index (χ4n) is 3.15. The number of ether oxygens (including phenoxy) is 1. The van der Waals surface area contributed by atoms with Crippen molar-refractivity contribution in [3.63, 3.8) is 0 Å². The van der Waals surface area contributed by atoms with Gasteiger partial charge in [0.15, 0.2) is 0 Å². The van der Waals surface area contributed by atoms with Crippen LogP contribution in [0.15, 0.2) is 24.3 Å². The van der Waals surface area contributed by atoms with E-state index >= 15 is 0 Å². The van der Waals surface area contributed by atoms with Crippen LogP contribution >= 0.6 is 0 Å². The van der Waals surface area contributed by atoms with Crippen LogP contribution in [0.2, 0.25) is 0 Å². The Kier molecular flexibility index (Phi) is 3.94. The van der Waals surface area contributed by atoms with Crippen LogP contribution in [0.1, 0.15) is 30.1 Å². The van der Waals surface area contributed by atoms with Crippen molar-refractivity contribution in [2.75, 3.05) is 19.7 Å². The van der Waals surface area contributed by atoms with E-state index in [0.717, 1.165) is 31.5 Å². The molecular weight excluding hydrogens is 283 g/mol. The smallest absolute Gasteiger partial charge is 0.386 e. The Hall–Kier alpha value is -1.11. The zero-order chi connectivity index (χ0) is 15.0. The quantitative estimate of drug-likeness (QED) is 0.911. The summed E-state index contributed by atoms with van der Waals surface area (Å²) in [7, 11) is 0.